The fraction of sp³-hybridized carbons (Fsp3) is 0.304. The molecule has 0 saturated carbocycles. The number of amides is 1. The smallest absolute Gasteiger partial charge is 0.291 e. The zero-order valence-corrected chi connectivity index (χ0v) is 18.0. The molecule has 30 heavy (non-hydrogen) atoms. The molecule has 1 aliphatic rings. The fourth-order valence-corrected chi connectivity index (χ4v) is 3.96. The lowest BCUT2D eigenvalue weighted by Gasteiger charge is -2.34. The molecule has 3 aromatic rings. The maximum absolute atomic E-state index is 13.0. The molecule has 2 aromatic carbocycles. The number of methoxy groups -OCH3 is 1. The second-order valence-corrected chi connectivity index (χ2v) is 8.11. The van der Waals surface area contributed by atoms with Crippen molar-refractivity contribution in [2.45, 2.75) is 39.2 Å². The van der Waals surface area contributed by atoms with E-state index in [0.717, 1.165) is 6.42 Å². The third kappa shape index (κ3) is 3.31. The lowest BCUT2D eigenvalue weighted by molar-refractivity contribution is 0.0503. The summed E-state index contributed by atoms with van der Waals surface area (Å²) < 4.78 is 17.2. The molecule has 0 aliphatic carbocycles. The van der Waals surface area contributed by atoms with Crippen molar-refractivity contribution in [3.8, 4) is 11.5 Å². The van der Waals surface area contributed by atoms with Crippen LogP contribution < -0.4 is 14.8 Å². The molecular weight excluding hydrogens is 406 g/mol. The van der Waals surface area contributed by atoms with Crippen molar-refractivity contribution < 1.29 is 23.5 Å². The van der Waals surface area contributed by atoms with Crippen LogP contribution in [0.1, 0.15) is 53.2 Å². The van der Waals surface area contributed by atoms with Gasteiger partial charge in [0.25, 0.3) is 5.91 Å². The van der Waals surface area contributed by atoms with Gasteiger partial charge >= 0.3 is 0 Å². The Morgan fingerprint density at radius 3 is 2.77 bits per heavy atom. The zero-order valence-electron chi connectivity index (χ0n) is 17.2. The van der Waals surface area contributed by atoms with Gasteiger partial charge in [-0.1, -0.05) is 18.5 Å². The van der Waals surface area contributed by atoms with Gasteiger partial charge in [0.2, 0.25) is 0 Å². The summed E-state index contributed by atoms with van der Waals surface area (Å²) in [6.07, 6.45) is 0.997. The average molecular weight is 428 g/mol. The predicted octanol–water partition coefficient (Wildman–Crippen LogP) is 5.79. The second-order valence-electron chi connectivity index (χ2n) is 7.67. The van der Waals surface area contributed by atoms with Crippen molar-refractivity contribution in [1.82, 2.24) is 0 Å². The molecule has 6 nitrogen and oxygen atoms in total. The van der Waals surface area contributed by atoms with E-state index >= 15 is 0 Å². The van der Waals surface area contributed by atoms with Gasteiger partial charge in [0.05, 0.1) is 24.8 Å². The van der Waals surface area contributed by atoms with Crippen LogP contribution in [-0.2, 0) is 0 Å². The SMILES string of the molecule is CC[C@@]1(C)CC(=O)c2c(ccc3oc(C(=O)Nc4cc(Cl)ccc4OC)c(C)c23)O1. The van der Waals surface area contributed by atoms with Gasteiger partial charge in [-0.05, 0) is 50.6 Å². The van der Waals surface area contributed by atoms with Gasteiger partial charge in [0.15, 0.2) is 11.5 Å². The third-order valence-corrected chi connectivity index (χ3v) is 5.83. The van der Waals surface area contributed by atoms with Gasteiger partial charge in [-0.3, -0.25) is 9.59 Å². The maximum atomic E-state index is 13.0. The number of nitrogens with one attached hydrogen (secondary N) is 1. The number of anilines is 1. The van der Waals surface area contributed by atoms with Crippen molar-refractivity contribution >= 4 is 39.9 Å². The van der Waals surface area contributed by atoms with Crippen LogP contribution in [0.5, 0.6) is 11.5 Å². The number of carbonyl (C=O) groups excluding carboxylic acids is 2. The van der Waals surface area contributed by atoms with Crippen LogP contribution in [0.25, 0.3) is 11.0 Å². The Hall–Kier alpha value is -2.99. The first-order valence-corrected chi connectivity index (χ1v) is 10.1. The molecule has 7 heteroatoms. The van der Waals surface area contributed by atoms with Crippen LogP contribution in [0.4, 0.5) is 5.69 Å². The number of furan rings is 1. The van der Waals surface area contributed by atoms with E-state index < -0.39 is 11.5 Å². The highest BCUT2D eigenvalue weighted by Crippen LogP contribution is 2.41. The highest BCUT2D eigenvalue weighted by atomic mass is 35.5. The van der Waals surface area contributed by atoms with Gasteiger partial charge < -0.3 is 19.2 Å². The lowest BCUT2D eigenvalue weighted by Crippen LogP contribution is -2.38. The van der Waals surface area contributed by atoms with Gasteiger partial charge in [-0.2, -0.15) is 0 Å². The van der Waals surface area contributed by atoms with Crippen LogP contribution in [-0.4, -0.2) is 24.4 Å². The molecule has 0 fully saturated rings. The molecule has 1 amide bonds. The number of hydrogen-bond acceptors (Lipinski definition) is 5. The predicted molar refractivity (Wildman–Crippen MR) is 115 cm³/mol. The number of aryl methyl sites for hydroxylation is 1. The summed E-state index contributed by atoms with van der Waals surface area (Å²) in [5.41, 5.74) is 1.41. The third-order valence-electron chi connectivity index (χ3n) is 5.59. The van der Waals surface area contributed by atoms with Crippen molar-refractivity contribution in [1.29, 1.82) is 0 Å². The van der Waals surface area contributed by atoms with E-state index in [1.807, 2.05) is 13.8 Å². The van der Waals surface area contributed by atoms with Crippen LogP contribution in [0.15, 0.2) is 34.7 Å². The zero-order chi connectivity index (χ0) is 21.6. The normalized spacial score (nSPS) is 18.1. The molecule has 1 N–H and O–H groups in total. The second kappa shape index (κ2) is 7.36. The van der Waals surface area contributed by atoms with Crippen LogP contribution >= 0.6 is 11.6 Å². The van der Waals surface area contributed by atoms with Crippen molar-refractivity contribution in [2.75, 3.05) is 12.4 Å². The average Bonchev–Trinajstić information content (AvgIpc) is 3.04. The van der Waals surface area contributed by atoms with Gasteiger partial charge in [-0.25, -0.2) is 0 Å². The first-order valence-electron chi connectivity index (χ1n) is 9.69. The minimum absolute atomic E-state index is 0.0152. The number of hydrogen-bond donors (Lipinski definition) is 1. The van der Waals surface area contributed by atoms with Crippen LogP contribution in [0.2, 0.25) is 5.02 Å². The minimum atomic E-state index is -0.529. The molecule has 0 unspecified atom stereocenters. The molecular formula is C23H22ClNO5. The first kappa shape index (κ1) is 20.3. The molecule has 0 radical (unpaired) electrons. The van der Waals surface area contributed by atoms with E-state index in [-0.39, 0.29) is 18.0 Å². The quantitative estimate of drug-likeness (QED) is 0.570. The van der Waals surface area contributed by atoms with Crippen molar-refractivity contribution in [3.63, 3.8) is 0 Å². The standard InChI is InChI=1S/C23H22ClNO5/c1-5-23(3)11-15(26)20-18(30-23)9-8-17-19(20)12(2)21(29-17)22(27)25-14-10-13(24)6-7-16(14)28-4/h6-10H,5,11H2,1-4H3,(H,25,27)/t23-/m0/s1. The summed E-state index contributed by atoms with van der Waals surface area (Å²) in [5, 5.41) is 3.85. The number of ketones is 1. The largest absolute Gasteiger partial charge is 0.495 e. The Morgan fingerprint density at radius 2 is 2.07 bits per heavy atom. The Kier molecular flexibility index (Phi) is 4.98. The Bertz CT molecular complexity index is 1180. The summed E-state index contributed by atoms with van der Waals surface area (Å²) in [6, 6.07) is 8.39. The van der Waals surface area contributed by atoms with E-state index in [1.165, 1.54) is 7.11 Å². The van der Waals surface area contributed by atoms with Crippen LogP contribution in [0.3, 0.4) is 0 Å². The number of Topliss-reactive ketones (excluding diaryl/α,β-unsaturated/α-hetero) is 1. The van der Waals surface area contributed by atoms with E-state index in [0.29, 0.717) is 44.3 Å². The van der Waals surface area contributed by atoms with Gasteiger partial charge in [-0.15, -0.1) is 0 Å². The van der Waals surface area contributed by atoms with E-state index in [4.69, 9.17) is 25.5 Å². The van der Waals surface area contributed by atoms with E-state index in [2.05, 4.69) is 5.32 Å². The molecule has 1 aliphatic heterocycles. The maximum Gasteiger partial charge on any atom is 0.291 e. The van der Waals surface area contributed by atoms with Crippen molar-refractivity contribution in [2.24, 2.45) is 0 Å². The summed E-state index contributed by atoms with van der Waals surface area (Å²) in [7, 11) is 1.51. The lowest BCUT2D eigenvalue weighted by atomic mass is 9.87. The molecule has 0 saturated heterocycles. The van der Waals surface area contributed by atoms with E-state index in [1.54, 1.807) is 37.3 Å². The summed E-state index contributed by atoms with van der Waals surface area (Å²) >= 11 is 6.05. The van der Waals surface area contributed by atoms with E-state index in [9.17, 15) is 9.59 Å². The summed E-state index contributed by atoms with van der Waals surface area (Å²) in [4.78, 5) is 25.9. The minimum Gasteiger partial charge on any atom is -0.495 e. The monoisotopic (exact) mass is 427 g/mol. The molecule has 0 bridgehead atoms. The number of ether oxygens (including phenoxy) is 2. The Labute approximate surface area is 179 Å². The number of fused-ring (bicyclic) bond motifs is 3. The Morgan fingerprint density at radius 1 is 1.30 bits per heavy atom. The highest BCUT2D eigenvalue weighted by molar-refractivity contribution is 6.31. The van der Waals surface area contributed by atoms with Crippen LogP contribution in [0, 0.1) is 6.92 Å². The summed E-state index contributed by atoms with van der Waals surface area (Å²) in [6.45, 7) is 5.68. The molecule has 1 atom stereocenters. The first-order chi connectivity index (χ1) is 14.3. The number of benzene rings is 2. The number of halogens is 1. The summed E-state index contributed by atoms with van der Waals surface area (Å²) in [5.74, 6) is 0.646. The molecule has 156 valence electrons. The fourth-order valence-electron chi connectivity index (χ4n) is 3.78. The topological polar surface area (TPSA) is 77.8 Å². The molecule has 0 spiro atoms. The molecule has 1 aromatic heterocycles. The molecule has 4 rings (SSSR count). The van der Waals surface area contributed by atoms with Gasteiger partial charge in [0.1, 0.15) is 22.7 Å². The number of carbonyl (C=O) groups is 2. The van der Waals surface area contributed by atoms with Crippen molar-refractivity contribution in [3.05, 3.63) is 52.2 Å². The number of rotatable bonds is 4. The van der Waals surface area contributed by atoms with Gasteiger partial charge in [0, 0.05) is 16.0 Å². The molecule has 2 heterocycles. The Balaban J connectivity index is 1.77. The highest BCUT2D eigenvalue weighted by Gasteiger charge is 2.37.